The number of benzene rings is 1. The molecule has 1 saturated carbocycles. The minimum atomic E-state index is 0.410. The van der Waals surface area contributed by atoms with Crippen LogP contribution in [-0.2, 0) is 0 Å². The Morgan fingerprint density at radius 2 is 2.07 bits per heavy atom. The Hall–Kier alpha value is -0.240. The predicted molar refractivity (Wildman–Crippen MR) is 65.7 cm³/mol. The molecule has 82 valence electrons. The zero-order chi connectivity index (χ0) is 10.8. The summed E-state index contributed by atoms with van der Waals surface area (Å²) in [5, 5.41) is 4.87. The summed E-state index contributed by atoms with van der Waals surface area (Å²) in [7, 11) is 0. The predicted octanol–water partition coefficient (Wildman–Crippen LogP) is 4.20. The van der Waals surface area contributed by atoms with Crippen molar-refractivity contribution in [3.05, 3.63) is 33.8 Å². The Balaban J connectivity index is 2.13. The molecule has 1 fully saturated rings. The lowest BCUT2D eigenvalue weighted by Crippen LogP contribution is -2.22. The summed E-state index contributed by atoms with van der Waals surface area (Å²) in [6.07, 6.45) is 3.68. The second-order valence-corrected chi connectivity index (χ2v) is 4.89. The van der Waals surface area contributed by atoms with Crippen molar-refractivity contribution in [1.82, 2.24) is 5.32 Å². The zero-order valence-electron chi connectivity index (χ0n) is 8.76. The third kappa shape index (κ3) is 2.87. The molecule has 1 aliphatic carbocycles. The van der Waals surface area contributed by atoms with Crippen molar-refractivity contribution < 1.29 is 0 Å². The van der Waals surface area contributed by atoms with Gasteiger partial charge in [-0.25, -0.2) is 0 Å². The van der Waals surface area contributed by atoms with E-state index in [4.69, 9.17) is 23.2 Å². The lowest BCUT2D eigenvalue weighted by Gasteiger charge is -2.17. The van der Waals surface area contributed by atoms with E-state index in [1.807, 2.05) is 12.1 Å². The van der Waals surface area contributed by atoms with Gasteiger partial charge in [0.15, 0.2) is 0 Å². The maximum atomic E-state index is 6.01. The molecule has 1 N–H and O–H groups in total. The van der Waals surface area contributed by atoms with Crippen molar-refractivity contribution in [1.29, 1.82) is 0 Å². The molecule has 0 saturated heterocycles. The number of hydrogen-bond acceptors (Lipinski definition) is 1. The van der Waals surface area contributed by atoms with E-state index >= 15 is 0 Å². The van der Waals surface area contributed by atoms with Crippen molar-refractivity contribution in [2.45, 2.75) is 38.3 Å². The van der Waals surface area contributed by atoms with Gasteiger partial charge in [0.2, 0.25) is 0 Å². The van der Waals surface area contributed by atoms with Crippen LogP contribution in [0.2, 0.25) is 10.0 Å². The zero-order valence-corrected chi connectivity index (χ0v) is 10.3. The lowest BCUT2D eigenvalue weighted by molar-refractivity contribution is 0.516. The van der Waals surface area contributed by atoms with Gasteiger partial charge in [-0.3, -0.25) is 0 Å². The maximum Gasteiger partial charge on any atom is 0.0595 e. The largest absolute Gasteiger partial charge is 0.307 e. The first-order valence-corrected chi connectivity index (χ1v) is 6.17. The van der Waals surface area contributed by atoms with E-state index in [2.05, 4.69) is 18.3 Å². The molecule has 15 heavy (non-hydrogen) atoms. The Kier molecular flexibility index (Phi) is 3.55. The average molecular weight is 244 g/mol. The van der Waals surface area contributed by atoms with E-state index < -0.39 is 0 Å². The van der Waals surface area contributed by atoms with Crippen LogP contribution in [0, 0.1) is 0 Å². The molecule has 0 radical (unpaired) electrons. The van der Waals surface area contributed by atoms with Crippen LogP contribution in [0.1, 0.15) is 37.8 Å². The number of hydrogen-bond donors (Lipinski definition) is 1. The monoisotopic (exact) mass is 243 g/mol. The third-order valence-electron chi connectivity index (χ3n) is 2.77. The standard InChI is InChI=1S/C12H15Cl2N/c1-2-12(15-9-4-5-9)8-3-6-10(13)11(14)7-8/h3,6-7,9,12,15H,2,4-5H2,1H3. The second kappa shape index (κ2) is 4.73. The first kappa shape index (κ1) is 11.3. The fraction of sp³-hybridized carbons (Fsp3) is 0.500. The maximum absolute atomic E-state index is 6.01. The summed E-state index contributed by atoms with van der Waals surface area (Å²) in [6.45, 7) is 2.18. The summed E-state index contributed by atoms with van der Waals surface area (Å²) < 4.78 is 0. The molecule has 1 atom stereocenters. The average Bonchev–Trinajstić information content (AvgIpc) is 3.02. The molecule has 0 aromatic heterocycles. The molecule has 0 spiro atoms. The van der Waals surface area contributed by atoms with Crippen LogP contribution in [0.25, 0.3) is 0 Å². The van der Waals surface area contributed by atoms with Crippen LogP contribution in [0.15, 0.2) is 18.2 Å². The van der Waals surface area contributed by atoms with E-state index in [0.717, 1.165) is 6.42 Å². The molecule has 0 bridgehead atoms. The first-order chi connectivity index (χ1) is 7.20. The van der Waals surface area contributed by atoms with Gasteiger partial charge in [0.05, 0.1) is 10.0 Å². The molecule has 0 aliphatic heterocycles. The fourth-order valence-electron chi connectivity index (χ4n) is 1.71. The summed E-state index contributed by atoms with van der Waals surface area (Å²) in [5.41, 5.74) is 1.24. The minimum Gasteiger partial charge on any atom is -0.307 e. The van der Waals surface area contributed by atoms with Gasteiger partial charge >= 0.3 is 0 Å². The van der Waals surface area contributed by atoms with Gasteiger partial charge in [0, 0.05) is 12.1 Å². The highest BCUT2D eigenvalue weighted by molar-refractivity contribution is 6.42. The highest BCUT2D eigenvalue weighted by Crippen LogP contribution is 2.29. The quantitative estimate of drug-likeness (QED) is 0.837. The van der Waals surface area contributed by atoms with E-state index in [1.54, 1.807) is 0 Å². The molecular formula is C12H15Cl2N. The topological polar surface area (TPSA) is 12.0 Å². The normalized spacial score (nSPS) is 17.8. The van der Waals surface area contributed by atoms with E-state index in [9.17, 15) is 0 Å². The number of nitrogens with one attached hydrogen (secondary N) is 1. The highest BCUT2D eigenvalue weighted by atomic mass is 35.5. The number of rotatable bonds is 4. The van der Waals surface area contributed by atoms with Crippen molar-refractivity contribution in [3.63, 3.8) is 0 Å². The molecular weight excluding hydrogens is 229 g/mol. The molecule has 1 unspecified atom stereocenters. The van der Waals surface area contributed by atoms with Crippen molar-refractivity contribution in [2.24, 2.45) is 0 Å². The van der Waals surface area contributed by atoms with Crippen LogP contribution in [0.4, 0.5) is 0 Å². The Morgan fingerprint density at radius 3 is 2.60 bits per heavy atom. The SMILES string of the molecule is CCC(NC1CC1)c1ccc(Cl)c(Cl)c1. The smallest absolute Gasteiger partial charge is 0.0595 e. The van der Waals surface area contributed by atoms with Gasteiger partial charge < -0.3 is 5.32 Å². The van der Waals surface area contributed by atoms with Gasteiger partial charge in [-0.15, -0.1) is 0 Å². The van der Waals surface area contributed by atoms with Gasteiger partial charge in [-0.1, -0.05) is 36.2 Å². The number of halogens is 2. The molecule has 1 aromatic carbocycles. The molecule has 1 aliphatic rings. The van der Waals surface area contributed by atoms with Crippen LogP contribution < -0.4 is 5.32 Å². The van der Waals surface area contributed by atoms with Gasteiger partial charge in [0.1, 0.15) is 0 Å². The lowest BCUT2D eigenvalue weighted by atomic mass is 10.0. The molecule has 0 heterocycles. The van der Waals surface area contributed by atoms with Gasteiger partial charge in [-0.2, -0.15) is 0 Å². The van der Waals surface area contributed by atoms with Crippen LogP contribution in [-0.4, -0.2) is 6.04 Å². The molecule has 1 aromatic rings. The van der Waals surface area contributed by atoms with Crippen LogP contribution >= 0.6 is 23.2 Å². The summed E-state index contributed by atoms with van der Waals surface area (Å²) in [4.78, 5) is 0. The summed E-state index contributed by atoms with van der Waals surface area (Å²) in [5.74, 6) is 0. The fourth-order valence-corrected chi connectivity index (χ4v) is 2.02. The van der Waals surface area contributed by atoms with Crippen LogP contribution in [0.5, 0.6) is 0 Å². The van der Waals surface area contributed by atoms with Crippen molar-refractivity contribution >= 4 is 23.2 Å². The third-order valence-corrected chi connectivity index (χ3v) is 3.51. The van der Waals surface area contributed by atoms with E-state index in [0.29, 0.717) is 22.1 Å². The van der Waals surface area contributed by atoms with E-state index in [-0.39, 0.29) is 0 Å². The summed E-state index contributed by atoms with van der Waals surface area (Å²) >= 11 is 11.9. The van der Waals surface area contributed by atoms with Crippen molar-refractivity contribution in [3.8, 4) is 0 Å². The van der Waals surface area contributed by atoms with Crippen LogP contribution in [0.3, 0.4) is 0 Å². The van der Waals surface area contributed by atoms with E-state index in [1.165, 1.54) is 18.4 Å². The first-order valence-electron chi connectivity index (χ1n) is 5.41. The van der Waals surface area contributed by atoms with Gasteiger partial charge in [-0.05, 0) is 37.0 Å². The molecule has 3 heteroatoms. The molecule has 0 amide bonds. The molecule has 1 nitrogen and oxygen atoms in total. The molecule has 2 rings (SSSR count). The Bertz CT molecular complexity index is 347. The highest BCUT2D eigenvalue weighted by Gasteiger charge is 2.24. The Labute approximate surface area is 101 Å². The van der Waals surface area contributed by atoms with Crippen molar-refractivity contribution in [2.75, 3.05) is 0 Å². The van der Waals surface area contributed by atoms with Gasteiger partial charge in [0.25, 0.3) is 0 Å². The minimum absolute atomic E-state index is 0.410. The summed E-state index contributed by atoms with van der Waals surface area (Å²) in [6, 6.07) is 7.01. The second-order valence-electron chi connectivity index (χ2n) is 4.08. The Morgan fingerprint density at radius 1 is 1.33 bits per heavy atom.